The molecule has 0 bridgehead atoms. The van der Waals surface area contributed by atoms with Crippen molar-refractivity contribution in [3.05, 3.63) is 29.3 Å². The molecule has 20 heavy (non-hydrogen) atoms. The van der Waals surface area contributed by atoms with Crippen molar-refractivity contribution >= 4 is 11.6 Å². The summed E-state index contributed by atoms with van der Waals surface area (Å²) in [5.74, 6) is -2.51. The van der Waals surface area contributed by atoms with Crippen LogP contribution in [-0.4, -0.2) is 38.4 Å². The number of carbonyl (C=O) groups is 1. The topological polar surface area (TPSA) is 73.6 Å². The third-order valence-electron chi connectivity index (χ3n) is 3.41. The number of amides is 1. The van der Waals surface area contributed by atoms with Gasteiger partial charge in [0.25, 0.3) is 5.91 Å². The second-order valence-electron chi connectivity index (χ2n) is 4.73. The minimum absolute atomic E-state index is 0.126. The number of benzene rings is 1. The highest BCUT2D eigenvalue weighted by molar-refractivity contribution is 5.94. The van der Waals surface area contributed by atoms with Gasteiger partial charge in [0, 0.05) is 32.2 Å². The second kappa shape index (κ2) is 5.72. The van der Waals surface area contributed by atoms with Gasteiger partial charge in [-0.1, -0.05) is 0 Å². The first-order valence-corrected chi connectivity index (χ1v) is 6.13. The van der Waals surface area contributed by atoms with Gasteiger partial charge >= 0.3 is 0 Å². The van der Waals surface area contributed by atoms with E-state index < -0.39 is 28.8 Å². The second-order valence-corrected chi connectivity index (χ2v) is 4.73. The van der Waals surface area contributed by atoms with E-state index in [0.717, 1.165) is 12.1 Å². The van der Waals surface area contributed by atoms with Crippen LogP contribution in [0.5, 0.6) is 0 Å². The molecule has 1 aliphatic heterocycles. The van der Waals surface area contributed by atoms with E-state index in [2.05, 4.69) is 5.32 Å². The lowest BCUT2D eigenvalue weighted by Gasteiger charge is -2.25. The van der Waals surface area contributed by atoms with E-state index >= 15 is 0 Å². The van der Waals surface area contributed by atoms with Gasteiger partial charge in [0.2, 0.25) is 0 Å². The summed E-state index contributed by atoms with van der Waals surface area (Å²) < 4.78 is 37.2. The number of ether oxygens (including phenoxy) is 2. The fourth-order valence-electron chi connectivity index (χ4n) is 2.02. The van der Waals surface area contributed by atoms with Crippen LogP contribution in [0.4, 0.5) is 14.5 Å². The molecular weight excluding hydrogens is 270 g/mol. The first-order chi connectivity index (χ1) is 9.47. The Bertz CT molecular complexity index is 493. The molecule has 7 heteroatoms. The minimum Gasteiger partial charge on any atom is -0.394 e. The summed E-state index contributed by atoms with van der Waals surface area (Å²) in [4.78, 5) is 11.9. The number of nitrogen functional groups attached to an aromatic ring is 1. The minimum atomic E-state index is -0.958. The van der Waals surface area contributed by atoms with E-state index in [1.165, 1.54) is 7.11 Å². The molecule has 1 aliphatic rings. The third kappa shape index (κ3) is 2.88. The van der Waals surface area contributed by atoms with Crippen molar-refractivity contribution in [3.8, 4) is 0 Å². The lowest BCUT2D eigenvalue weighted by molar-refractivity contribution is -0.0148. The van der Waals surface area contributed by atoms with Gasteiger partial charge in [-0.15, -0.1) is 0 Å². The molecule has 0 spiro atoms. The maximum atomic E-state index is 13.3. The van der Waals surface area contributed by atoms with Crippen LogP contribution in [0, 0.1) is 11.6 Å². The molecule has 1 aromatic carbocycles. The zero-order valence-electron chi connectivity index (χ0n) is 11.0. The number of anilines is 1. The average Bonchev–Trinajstić information content (AvgIpc) is 2.91. The third-order valence-corrected chi connectivity index (χ3v) is 3.41. The Morgan fingerprint density at radius 1 is 1.50 bits per heavy atom. The van der Waals surface area contributed by atoms with Crippen molar-refractivity contribution in [2.75, 3.05) is 32.6 Å². The van der Waals surface area contributed by atoms with Crippen molar-refractivity contribution in [3.63, 3.8) is 0 Å². The van der Waals surface area contributed by atoms with Crippen LogP contribution in [0.1, 0.15) is 16.8 Å². The zero-order valence-corrected chi connectivity index (χ0v) is 11.0. The standard InChI is InChI=1S/C13H16F2N2O3/c1-19-13(2-3-20-7-13)6-17-12(18)8-4-9(14)11(16)10(15)5-8/h4-5H,2-3,6-7,16H2,1H3,(H,17,18). The largest absolute Gasteiger partial charge is 0.394 e. The molecule has 3 N–H and O–H groups in total. The average molecular weight is 286 g/mol. The van der Waals surface area contributed by atoms with E-state index in [0.29, 0.717) is 19.6 Å². The van der Waals surface area contributed by atoms with Gasteiger partial charge in [0.05, 0.1) is 6.61 Å². The van der Waals surface area contributed by atoms with Crippen LogP contribution in [0.25, 0.3) is 0 Å². The van der Waals surface area contributed by atoms with Gasteiger partial charge in [0.1, 0.15) is 22.9 Å². The van der Waals surface area contributed by atoms with E-state index in [9.17, 15) is 13.6 Å². The number of hydrogen-bond acceptors (Lipinski definition) is 4. The number of halogens is 2. The molecule has 1 atom stereocenters. The van der Waals surface area contributed by atoms with Gasteiger partial charge in [0.15, 0.2) is 0 Å². The molecule has 1 fully saturated rings. The lowest BCUT2D eigenvalue weighted by Crippen LogP contribution is -2.45. The number of nitrogens with two attached hydrogens (primary N) is 1. The predicted molar refractivity (Wildman–Crippen MR) is 68.3 cm³/mol. The Kier molecular flexibility index (Phi) is 4.20. The molecule has 0 aliphatic carbocycles. The maximum absolute atomic E-state index is 13.3. The molecule has 1 unspecified atom stereocenters. The van der Waals surface area contributed by atoms with Gasteiger partial charge in [-0.25, -0.2) is 8.78 Å². The predicted octanol–water partition coefficient (Wildman–Crippen LogP) is 1.08. The Hall–Kier alpha value is -1.73. The number of carbonyl (C=O) groups excluding carboxylic acids is 1. The summed E-state index contributed by atoms with van der Waals surface area (Å²) in [6, 6.07) is 1.80. The van der Waals surface area contributed by atoms with E-state index in [1.807, 2.05) is 0 Å². The molecular formula is C13H16F2N2O3. The van der Waals surface area contributed by atoms with Crippen molar-refractivity contribution in [1.82, 2.24) is 5.32 Å². The van der Waals surface area contributed by atoms with E-state index in [-0.39, 0.29) is 12.1 Å². The van der Waals surface area contributed by atoms with Gasteiger partial charge in [-0.3, -0.25) is 4.79 Å². The van der Waals surface area contributed by atoms with Crippen LogP contribution in [0.2, 0.25) is 0 Å². The molecule has 0 radical (unpaired) electrons. The maximum Gasteiger partial charge on any atom is 0.251 e. The molecule has 1 aromatic rings. The summed E-state index contributed by atoms with van der Waals surface area (Å²) in [7, 11) is 1.53. The summed E-state index contributed by atoms with van der Waals surface area (Å²) in [5.41, 5.74) is 3.84. The van der Waals surface area contributed by atoms with Crippen molar-refractivity contribution in [2.24, 2.45) is 0 Å². The fraction of sp³-hybridized carbons (Fsp3) is 0.462. The number of hydrogen-bond donors (Lipinski definition) is 2. The zero-order chi connectivity index (χ0) is 14.8. The fourth-order valence-corrected chi connectivity index (χ4v) is 2.02. The lowest BCUT2D eigenvalue weighted by atomic mass is 10.0. The first kappa shape index (κ1) is 14.7. The summed E-state index contributed by atoms with van der Waals surface area (Å²) >= 11 is 0. The molecule has 1 heterocycles. The monoisotopic (exact) mass is 286 g/mol. The summed E-state index contributed by atoms with van der Waals surface area (Å²) in [6.07, 6.45) is 0.647. The Labute approximate surface area is 115 Å². The number of rotatable bonds is 4. The van der Waals surface area contributed by atoms with E-state index in [4.69, 9.17) is 15.2 Å². The van der Waals surface area contributed by atoms with Crippen molar-refractivity contribution in [1.29, 1.82) is 0 Å². The van der Waals surface area contributed by atoms with Gasteiger partial charge in [-0.05, 0) is 12.1 Å². The highest BCUT2D eigenvalue weighted by Crippen LogP contribution is 2.22. The smallest absolute Gasteiger partial charge is 0.251 e. The number of nitrogens with one attached hydrogen (secondary N) is 1. The van der Waals surface area contributed by atoms with Gasteiger partial charge < -0.3 is 20.5 Å². The molecule has 5 nitrogen and oxygen atoms in total. The quantitative estimate of drug-likeness (QED) is 0.812. The molecule has 2 rings (SSSR count). The normalized spacial score (nSPS) is 21.9. The molecule has 1 amide bonds. The van der Waals surface area contributed by atoms with Crippen molar-refractivity contribution < 1.29 is 23.0 Å². The highest BCUT2D eigenvalue weighted by atomic mass is 19.1. The molecule has 1 saturated heterocycles. The van der Waals surface area contributed by atoms with Crippen LogP contribution >= 0.6 is 0 Å². The van der Waals surface area contributed by atoms with Gasteiger partial charge in [-0.2, -0.15) is 0 Å². The van der Waals surface area contributed by atoms with Crippen LogP contribution in [0.3, 0.4) is 0 Å². The molecule has 0 aromatic heterocycles. The van der Waals surface area contributed by atoms with Crippen LogP contribution in [-0.2, 0) is 9.47 Å². The van der Waals surface area contributed by atoms with Crippen molar-refractivity contribution in [2.45, 2.75) is 12.0 Å². The van der Waals surface area contributed by atoms with E-state index in [1.54, 1.807) is 0 Å². The summed E-state index contributed by atoms with van der Waals surface area (Å²) in [6.45, 7) is 1.12. The first-order valence-electron chi connectivity index (χ1n) is 6.13. The molecule has 110 valence electrons. The van der Waals surface area contributed by atoms with Crippen LogP contribution < -0.4 is 11.1 Å². The summed E-state index contributed by atoms with van der Waals surface area (Å²) in [5, 5.41) is 2.59. The molecule has 0 saturated carbocycles. The SMILES string of the molecule is COC1(CNC(=O)c2cc(F)c(N)c(F)c2)CCOC1. The highest BCUT2D eigenvalue weighted by Gasteiger charge is 2.35. The Morgan fingerprint density at radius 3 is 2.65 bits per heavy atom. The Balaban J connectivity index is 2.05. The van der Waals surface area contributed by atoms with Crippen LogP contribution in [0.15, 0.2) is 12.1 Å². The number of methoxy groups -OCH3 is 1. The Morgan fingerprint density at radius 2 is 2.15 bits per heavy atom.